The number of hydrogen-bond acceptors (Lipinski definition) is 3. The van der Waals surface area contributed by atoms with E-state index in [0.717, 1.165) is 12.3 Å². The first-order chi connectivity index (χ1) is 8.06. The number of aryl methyl sites for hydroxylation is 1. The first kappa shape index (κ1) is 14.0. The monoisotopic (exact) mass is 236 g/mol. The first-order valence-corrected chi connectivity index (χ1v) is 6.03. The molecule has 0 heterocycles. The molecule has 1 atom stereocenters. The number of likely N-dealkylation sites (N-methyl/N-ethyl adjacent to an activating group) is 2. The fraction of sp³-hybridized carbons (Fsp3) is 0.571. The van der Waals surface area contributed by atoms with E-state index in [1.807, 2.05) is 14.1 Å². The maximum absolute atomic E-state index is 5.40. The van der Waals surface area contributed by atoms with Crippen LogP contribution in [0.1, 0.15) is 28.3 Å². The molecule has 0 saturated carbocycles. The Kier molecular flexibility index (Phi) is 4.97. The van der Waals surface area contributed by atoms with Crippen molar-refractivity contribution < 1.29 is 4.74 Å². The van der Waals surface area contributed by atoms with Crippen LogP contribution >= 0.6 is 0 Å². The van der Waals surface area contributed by atoms with Crippen LogP contribution in [0.3, 0.4) is 0 Å². The molecule has 0 radical (unpaired) electrons. The van der Waals surface area contributed by atoms with Gasteiger partial charge in [0.2, 0.25) is 0 Å². The van der Waals surface area contributed by atoms with Crippen LogP contribution in [0.4, 0.5) is 0 Å². The Morgan fingerprint density at radius 2 is 1.82 bits per heavy atom. The molecule has 0 aromatic heterocycles. The van der Waals surface area contributed by atoms with Gasteiger partial charge < -0.3 is 15.4 Å². The Labute approximate surface area is 105 Å². The Morgan fingerprint density at radius 3 is 2.29 bits per heavy atom. The first-order valence-electron chi connectivity index (χ1n) is 6.03. The summed E-state index contributed by atoms with van der Waals surface area (Å²) in [5.41, 5.74) is 5.20. The Hall–Kier alpha value is -1.06. The average molecular weight is 236 g/mol. The van der Waals surface area contributed by atoms with Gasteiger partial charge in [-0.2, -0.15) is 0 Å². The van der Waals surface area contributed by atoms with Crippen LogP contribution in [0.15, 0.2) is 6.07 Å². The molecule has 3 nitrogen and oxygen atoms in total. The summed E-state index contributed by atoms with van der Waals surface area (Å²) in [5, 5.41) is 6.59. The standard InChI is InChI=1S/C14H24N2O/c1-9-7-13(17-6)10(2)11(3)14(9)12(16-5)8-15-4/h7,12,15-16H,8H2,1-6H3. The predicted molar refractivity (Wildman–Crippen MR) is 72.9 cm³/mol. The lowest BCUT2D eigenvalue weighted by Crippen LogP contribution is -2.28. The summed E-state index contributed by atoms with van der Waals surface area (Å²) in [6, 6.07) is 2.46. The van der Waals surface area contributed by atoms with E-state index < -0.39 is 0 Å². The van der Waals surface area contributed by atoms with Crippen molar-refractivity contribution in [1.82, 2.24) is 10.6 Å². The van der Waals surface area contributed by atoms with Crippen molar-refractivity contribution in [2.24, 2.45) is 0 Å². The minimum Gasteiger partial charge on any atom is -0.496 e. The lowest BCUT2D eigenvalue weighted by molar-refractivity contribution is 0.410. The molecule has 96 valence electrons. The lowest BCUT2D eigenvalue weighted by atomic mass is 9.92. The minimum absolute atomic E-state index is 0.338. The number of ether oxygens (including phenoxy) is 1. The van der Waals surface area contributed by atoms with Gasteiger partial charge in [0, 0.05) is 12.6 Å². The average Bonchev–Trinajstić information content (AvgIpc) is 2.32. The van der Waals surface area contributed by atoms with E-state index in [4.69, 9.17) is 4.74 Å². The molecule has 0 aliphatic carbocycles. The molecule has 1 aromatic carbocycles. The second-order valence-electron chi connectivity index (χ2n) is 4.46. The van der Waals surface area contributed by atoms with Crippen molar-refractivity contribution >= 4 is 0 Å². The highest BCUT2D eigenvalue weighted by molar-refractivity contribution is 5.49. The third-order valence-electron chi connectivity index (χ3n) is 3.43. The predicted octanol–water partition coefficient (Wildman–Crippen LogP) is 2.10. The SMILES string of the molecule is CNCC(NC)c1c(C)cc(OC)c(C)c1C. The van der Waals surface area contributed by atoms with Crippen molar-refractivity contribution in [2.45, 2.75) is 26.8 Å². The van der Waals surface area contributed by atoms with Crippen LogP contribution in [0.25, 0.3) is 0 Å². The molecule has 1 unspecified atom stereocenters. The fourth-order valence-corrected chi connectivity index (χ4v) is 2.37. The van der Waals surface area contributed by atoms with Crippen LogP contribution in [0, 0.1) is 20.8 Å². The van der Waals surface area contributed by atoms with Gasteiger partial charge in [0.05, 0.1) is 7.11 Å². The molecule has 0 amide bonds. The zero-order valence-corrected chi connectivity index (χ0v) is 11.8. The molecule has 2 N–H and O–H groups in total. The van der Waals surface area contributed by atoms with Gasteiger partial charge in [0.25, 0.3) is 0 Å². The molecule has 1 aromatic rings. The van der Waals surface area contributed by atoms with Crippen LogP contribution in [0.2, 0.25) is 0 Å². The van der Waals surface area contributed by atoms with E-state index in [1.54, 1.807) is 7.11 Å². The van der Waals surface area contributed by atoms with Gasteiger partial charge >= 0.3 is 0 Å². The van der Waals surface area contributed by atoms with Gasteiger partial charge in [-0.1, -0.05) is 0 Å². The van der Waals surface area contributed by atoms with Crippen molar-refractivity contribution in [3.8, 4) is 5.75 Å². The molecule has 0 bridgehead atoms. The zero-order chi connectivity index (χ0) is 13.0. The Balaban J connectivity index is 3.28. The molecule has 0 aliphatic rings. The topological polar surface area (TPSA) is 33.3 Å². The van der Waals surface area contributed by atoms with E-state index in [1.165, 1.54) is 22.3 Å². The summed E-state index contributed by atoms with van der Waals surface area (Å²) >= 11 is 0. The highest BCUT2D eigenvalue weighted by Crippen LogP contribution is 2.30. The van der Waals surface area contributed by atoms with Gasteiger partial charge in [0.15, 0.2) is 0 Å². The molecule has 17 heavy (non-hydrogen) atoms. The summed E-state index contributed by atoms with van der Waals surface area (Å²) < 4.78 is 5.40. The third kappa shape index (κ3) is 2.79. The number of methoxy groups -OCH3 is 1. The number of rotatable bonds is 5. The van der Waals surface area contributed by atoms with Gasteiger partial charge in [0.1, 0.15) is 5.75 Å². The maximum atomic E-state index is 5.40. The van der Waals surface area contributed by atoms with Gasteiger partial charge in [-0.15, -0.1) is 0 Å². The molecular weight excluding hydrogens is 212 g/mol. The summed E-state index contributed by atoms with van der Waals surface area (Å²) in [4.78, 5) is 0. The number of hydrogen-bond donors (Lipinski definition) is 2. The second kappa shape index (κ2) is 6.03. The summed E-state index contributed by atoms with van der Waals surface area (Å²) in [6.45, 7) is 7.34. The van der Waals surface area contributed by atoms with E-state index >= 15 is 0 Å². The van der Waals surface area contributed by atoms with Gasteiger partial charge in [-0.05, 0) is 63.2 Å². The van der Waals surface area contributed by atoms with Crippen molar-refractivity contribution in [1.29, 1.82) is 0 Å². The summed E-state index contributed by atoms with van der Waals surface area (Å²) in [5.74, 6) is 0.975. The minimum atomic E-state index is 0.338. The second-order valence-corrected chi connectivity index (χ2v) is 4.46. The quantitative estimate of drug-likeness (QED) is 0.821. The van der Waals surface area contributed by atoms with Crippen LogP contribution in [-0.2, 0) is 0 Å². The van der Waals surface area contributed by atoms with Gasteiger partial charge in [-0.3, -0.25) is 0 Å². The van der Waals surface area contributed by atoms with Gasteiger partial charge in [-0.25, -0.2) is 0 Å². The van der Waals surface area contributed by atoms with Crippen molar-refractivity contribution in [3.05, 3.63) is 28.3 Å². The van der Waals surface area contributed by atoms with Crippen molar-refractivity contribution in [2.75, 3.05) is 27.7 Å². The molecular formula is C14H24N2O. The fourth-order valence-electron chi connectivity index (χ4n) is 2.37. The van der Waals surface area contributed by atoms with Crippen LogP contribution < -0.4 is 15.4 Å². The molecule has 0 fully saturated rings. The van der Waals surface area contributed by atoms with Crippen molar-refractivity contribution in [3.63, 3.8) is 0 Å². The molecule has 0 spiro atoms. The molecule has 0 saturated heterocycles. The van der Waals surface area contributed by atoms with E-state index in [2.05, 4.69) is 37.5 Å². The summed E-state index contributed by atoms with van der Waals surface area (Å²) in [7, 11) is 5.70. The highest BCUT2D eigenvalue weighted by Gasteiger charge is 2.17. The maximum Gasteiger partial charge on any atom is 0.122 e. The number of benzene rings is 1. The molecule has 1 rings (SSSR count). The van der Waals surface area contributed by atoms with E-state index in [0.29, 0.717) is 6.04 Å². The lowest BCUT2D eigenvalue weighted by Gasteiger charge is -2.23. The highest BCUT2D eigenvalue weighted by atomic mass is 16.5. The van der Waals surface area contributed by atoms with E-state index in [-0.39, 0.29) is 0 Å². The van der Waals surface area contributed by atoms with E-state index in [9.17, 15) is 0 Å². The number of nitrogens with one attached hydrogen (secondary N) is 2. The molecule has 3 heteroatoms. The zero-order valence-electron chi connectivity index (χ0n) is 11.8. The normalized spacial score (nSPS) is 12.6. The largest absolute Gasteiger partial charge is 0.496 e. The molecule has 0 aliphatic heterocycles. The Bertz CT molecular complexity index is 388. The van der Waals surface area contributed by atoms with Crippen LogP contribution in [0.5, 0.6) is 5.75 Å². The smallest absolute Gasteiger partial charge is 0.122 e. The Morgan fingerprint density at radius 1 is 1.18 bits per heavy atom. The third-order valence-corrected chi connectivity index (χ3v) is 3.43. The van der Waals surface area contributed by atoms with Crippen LogP contribution in [-0.4, -0.2) is 27.7 Å². The summed E-state index contributed by atoms with van der Waals surface area (Å²) in [6.07, 6.45) is 0.